The Kier molecular flexibility index (Phi) is 3.74. The third kappa shape index (κ3) is 2.99. The number of benzene rings is 2. The van der Waals surface area contributed by atoms with Crippen LogP contribution in [0.3, 0.4) is 0 Å². The van der Waals surface area contributed by atoms with Crippen LogP contribution >= 0.6 is 0 Å². The van der Waals surface area contributed by atoms with Gasteiger partial charge in [-0.05, 0) is 29.8 Å². The van der Waals surface area contributed by atoms with Crippen molar-refractivity contribution in [2.75, 3.05) is 11.9 Å². The molecule has 1 unspecified atom stereocenters. The van der Waals surface area contributed by atoms with Gasteiger partial charge in [-0.25, -0.2) is 0 Å². The number of carbonyl (C=O) groups excluding carboxylic acids is 1. The van der Waals surface area contributed by atoms with Gasteiger partial charge in [-0.2, -0.15) is 5.10 Å². The summed E-state index contributed by atoms with van der Waals surface area (Å²) in [5, 5.41) is 19.4. The van der Waals surface area contributed by atoms with Crippen molar-refractivity contribution in [2.45, 2.75) is 6.10 Å². The summed E-state index contributed by atoms with van der Waals surface area (Å²) >= 11 is 0. The molecule has 0 spiro atoms. The van der Waals surface area contributed by atoms with Crippen LogP contribution in [0.15, 0.2) is 54.9 Å². The monoisotopic (exact) mass is 337 g/mol. The molecule has 3 aromatic rings. The van der Waals surface area contributed by atoms with Crippen LogP contribution in [0.25, 0.3) is 11.1 Å². The van der Waals surface area contributed by atoms with E-state index in [0.29, 0.717) is 17.2 Å². The number of aromatic nitrogens is 2. The molecule has 25 heavy (non-hydrogen) atoms. The molecule has 2 aromatic carbocycles. The Bertz CT molecular complexity index is 908. The highest BCUT2D eigenvalue weighted by molar-refractivity contribution is 5.96. The summed E-state index contributed by atoms with van der Waals surface area (Å²) in [6.45, 7) is 0.108. The SMILES string of the molecule is O=C(Nc1ccc(-c2cn[nH]c2)cc1O)C1COc2ccccc2O1. The van der Waals surface area contributed by atoms with Crippen molar-refractivity contribution in [1.82, 2.24) is 10.2 Å². The standard InChI is InChI=1S/C18H15N3O4/c22-14-7-11(12-8-19-20-9-12)5-6-13(14)21-18(23)17-10-24-15-3-1-2-4-16(15)25-17/h1-9,17,22H,10H2,(H,19,20)(H,21,23). The molecule has 1 amide bonds. The normalized spacial score (nSPS) is 15.6. The second-order valence-electron chi connectivity index (χ2n) is 5.57. The summed E-state index contributed by atoms with van der Waals surface area (Å²) in [6, 6.07) is 12.1. The third-order valence-electron chi connectivity index (χ3n) is 3.89. The van der Waals surface area contributed by atoms with Gasteiger partial charge in [0.1, 0.15) is 12.4 Å². The maximum atomic E-state index is 12.4. The number of aromatic hydroxyl groups is 1. The smallest absolute Gasteiger partial charge is 0.269 e. The van der Waals surface area contributed by atoms with Crippen molar-refractivity contribution >= 4 is 11.6 Å². The highest BCUT2D eigenvalue weighted by Crippen LogP contribution is 2.32. The molecule has 7 nitrogen and oxygen atoms in total. The van der Waals surface area contributed by atoms with Crippen LogP contribution in [0.4, 0.5) is 5.69 Å². The molecule has 1 aliphatic heterocycles. The van der Waals surface area contributed by atoms with E-state index in [0.717, 1.165) is 11.1 Å². The second-order valence-corrected chi connectivity index (χ2v) is 5.57. The predicted octanol–water partition coefficient (Wildman–Crippen LogP) is 2.56. The van der Waals surface area contributed by atoms with Crippen molar-refractivity contribution in [2.24, 2.45) is 0 Å². The fourth-order valence-electron chi connectivity index (χ4n) is 2.59. The van der Waals surface area contributed by atoms with E-state index in [9.17, 15) is 9.90 Å². The topological polar surface area (TPSA) is 96.5 Å². The van der Waals surface area contributed by atoms with Crippen LogP contribution < -0.4 is 14.8 Å². The van der Waals surface area contributed by atoms with E-state index in [1.54, 1.807) is 42.7 Å². The number of H-pyrrole nitrogens is 1. The summed E-state index contributed by atoms with van der Waals surface area (Å²) < 4.78 is 11.2. The van der Waals surface area contributed by atoms with Gasteiger partial charge in [0.15, 0.2) is 11.5 Å². The first kappa shape index (κ1) is 15.1. The Morgan fingerprint density at radius 2 is 2.04 bits per heavy atom. The molecule has 3 N–H and O–H groups in total. The number of phenols is 1. The molecule has 1 aliphatic rings. The van der Waals surface area contributed by atoms with E-state index >= 15 is 0 Å². The summed E-state index contributed by atoms with van der Waals surface area (Å²) in [5.41, 5.74) is 1.93. The number of para-hydroxylation sites is 2. The molecule has 7 heteroatoms. The highest BCUT2D eigenvalue weighted by atomic mass is 16.6. The van der Waals surface area contributed by atoms with Crippen LogP contribution in [-0.4, -0.2) is 33.9 Å². The zero-order valence-electron chi connectivity index (χ0n) is 13.1. The number of aromatic amines is 1. The van der Waals surface area contributed by atoms with Gasteiger partial charge in [0.05, 0.1) is 11.9 Å². The maximum absolute atomic E-state index is 12.4. The quantitative estimate of drug-likeness (QED) is 0.638. The molecule has 0 bridgehead atoms. The number of carbonyl (C=O) groups is 1. The minimum absolute atomic E-state index is 0.0378. The largest absolute Gasteiger partial charge is 0.506 e. The first-order valence-electron chi connectivity index (χ1n) is 7.72. The lowest BCUT2D eigenvalue weighted by molar-refractivity contribution is -0.125. The Hall–Kier alpha value is -3.48. The van der Waals surface area contributed by atoms with E-state index in [1.807, 2.05) is 12.1 Å². The molecule has 1 aromatic heterocycles. The lowest BCUT2D eigenvalue weighted by atomic mass is 10.1. The van der Waals surface area contributed by atoms with Gasteiger partial charge in [-0.15, -0.1) is 0 Å². The molecule has 2 heterocycles. The minimum atomic E-state index is -0.789. The second kappa shape index (κ2) is 6.20. The molecule has 4 rings (SSSR count). The summed E-state index contributed by atoms with van der Waals surface area (Å²) in [5.74, 6) is 0.706. The van der Waals surface area contributed by atoms with Gasteiger partial charge in [0.25, 0.3) is 5.91 Å². The molecular weight excluding hydrogens is 322 g/mol. The van der Waals surface area contributed by atoms with E-state index < -0.39 is 6.10 Å². The fourth-order valence-corrected chi connectivity index (χ4v) is 2.59. The Morgan fingerprint density at radius 1 is 1.20 bits per heavy atom. The van der Waals surface area contributed by atoms with Gasteiger partial charge in [0.2, 0.25) is 6.10 Å². The van der Waals surface area contributed by atoms with Gasteiger partial charge in [0, 0.05) is 11.8 Å². The zero-order chi connectivity index (χ0) is 17.2. The number of rotatable bonds is 3. The molecular formula is C18H15N3O4. The lowest BCUT2D eigenvalue weighted by Crippen LogP contribution is -2.40. The van der Waals surface area contributed by atoms with Crippen molar-refractivity contribution in [1.29, 1.82) is 0 Å². The van der Waals surface area contributed by atoms with Crippen LogP contribution in [0.2, 0.25) is 0 Å². The predicted molar refractivity (Wildman–Crippen MR) is 90.7 cm³/mol. The molecule has 126 valence electrons. The van der Waals surface area contributed by atoms with Crippen LogP contribution in [0.1, 0.15) is 0 Å². The molecule has 0 aliphatic carbocycles. The average Bonchev–Trinajstić information content (AvgIpc) is 3.17. The van der Waals surface area contributed by atoms with E-state index in [1.165, 1.54) is 0 Å². The van der Waals surface area contributed by atoms with E-state index in [4.69, 9.17) is 9.47 Å². The third-order valence-corrected chi connectivity index (χ3v) is 3.89. The number of phenolic OH excluding ortho intramolecular Hbond substituents is 1. The summed E-state index contributed by atoms with van der Waals surface area (Å²) in [4.78, 5) is 12.4. The first-order chi connectivity index (χ1) is 12.2. The first-order valence-corrected chi connectivity index (χ1v) is 7.72. The van der Waals surface area contributed by atoms with Crippen molar-refractivity contribution in [3.8, 4) is 28.4 Å². The van der Waals surface area contributed by atoms with Gasteiger partial charge < -0.3 is 19.9 Å². The number of anilines is 1. The Balaban J connectivity index is 1.48. The van der Waals surface area contributed by atoms with Crippen molar-refractivity contribution < 1.29 is 19.4 Å². The minimum Gasteiger partial charge on any atom is -0.506 e. The molecule has 0 fully saturated rings. The number of hydrogen-bond acceptors (Lipinski definition) is 5. The molecule has 1 atom stereocenters. The van der Waals surface area contributed by atoms with Gasteiger partial charge in [-0.3, -0.25) is 9.89 Å². The average molecular weight is 337 g/mol. The van der Waals surface area contributed by atoms with Crippen LogP contribution in [0, 0.1) is 0 Å². The Labute approximate surface area is 143 Å². The van der Waals surface area contributed by atoms with Crippen molar-refractivity contribution in [3.05, 3.63) is 54.9 Å². The summed E-state index contributed by atoms with van der Waals surface area (Å²) in [6.07, 6.45) is 2.58. The number of amides is 1. The maximum Gasteiger partial charge on any atom is 0.269 e. The van der Waals surface area contributed by atoms with Crippen molar-refractivity contribution in [3.63, 3.8) is 0 Å². The molecule has 0 saturated heterocycles. The van der Waals surface area contributed by atoms with Gasteiger partial charge in [-0.1, -0.05) is 18.2 Å². The number of nitrogens with zero attached hydrogens (tertiary/aromatic N) is 1. The van der Waals surface area contributed by atoms with E-state index in [-0.39, 0.29) is 18.3 Å². The number of hydrogen-bond donors (Lipinski definition) is 3. The Morgan fingerprint density at radius 3 is 2.80 bits per heavy atom. The number of fused-ring (bicyclic) bond motifs is 1. The molecule has 0 radical (unpaired) electrons. The van der Waals surface area contributed by atoms with Crippen LogP contribution in [-0.2, 0) is 4.79 Å². The highest BCUT2D eigenvalue weighted by Gasteiger charge is 2.27. The molecule has 0 saturated carbocycles. The fraction of sp³-hybridized carbons (Fsp3) is 0.111. The summed E-state index contributed by atoms with van der Waals surface area (Å²) in [7, 11) is 0. The lowest BCUT2D eigenvalue weighted by Gasteiger charge is -2.25. The van der Waals surface area contributed by atoms with E-state index in [2.05, 4.69) is 15.5 Å². The number of nitrogens with one attached hydrogen (secondary N) is 2. The van der Waals surface area contributed by atoms with Crippen LogP contribution in [0.5, 0.6) is 17.2 Å². The number of ether oxygens (including phenoxy) is 2. The van der Waals surface area contributed by atoms with Gasteiger partial charge >= 0.3 is 0 Å². The zero-order valence-corrected chi connectivity index (χ0v) is 13.1.